The van der Waals surface area contributed by atoms with Crippen LogP contribution >= 0.6 is 34.9 Å². The molecule has 0 aromatic carbocycles. The number of thiophene rings is 1. The van der Waals surface area contributed by atoms with Crippen molar-refractivity contribution < 1.29 is 9.90 Å². The average Bonchev–Trinajstić information content (AvgIpc) is 2.92. The minimum Gasteiger partial charge on any atom is -0.481 e. The van der Waals surface area contributed by atoms with Crippen LogP contribution in [0.1, 0.15) is 19.4 Å². The first-order valence-corrected chi connectivity index (χ1v) is 9.67. The molecule has 0 radical (unpaired) electrons. The van der Waals surface area contributed by atoms with Crippen LogP contribution in [-0.4, -0.2) is 38.4 Å². The number of carboxylic acids is 1. The third-order valence-corrected chi connectivity index (χ3v) is 5.48. The molecule has 114 valence electrons. The molecule has 2 aromatic heterocycles. The lowest BCUT2D eigenvalue weighted by Crippen LogP contribution is -2.28. The van der Waals surface area contributed by atoms with Crippen molar-refractivity contribution in [1.82, 2.24) is 9.55 Å². The molecule has 1 unspecified atom stereocenters. The summed E-state index contributed by atoms with van der Waals surface area (Å²) in [7, 11) is 0. The fourth-order valence-electron chi connectivity index (χ4n) is 2.03. The number of hydrogen-bond acceptors (Lipinski definition) is 6. The summed E-state index contributed by atoms with van der Waals surface area (Å²) in [5.41, 5.74) is -0.0740. The SMILES string of the molecule is CCC(CSC)n1c(SCC(=O)O)nc2sccc2c1=O. The molecule has 0 bridgehead atoms. The van der Waals surface area contributed by atoms with Crippen LogP contribution < -0.4 is 5.56 Å². The Morgan fingerprint density at radius 2 is 2.33 bits per heavy atom. The molecule has 0 aliphatic carbocycles. The molecule has 2 heterocycles. The molecule has 0 saturated heterocycles. The van der Waals surface area contributed by atoms with Crippen LogP contribution in [0.25, 0.3) is 10.2 Å². The van der Waals surface area contributed by atoms with Gasteiger partial charge in [0, 0.05) is 11.8 Å². The first-order chi connectivity index (χ1) is 10.1. The van der Waals surface area contributed by atoms with Gasteiger partial charge in [-0.3, -0.25) is 14.2 Å². The highest BCUT2D eigenvalue weighted by molar-refractivity contribution is 7.99. The first kappa shape index (κ1) is 16.4. The van der Waals surface area contributed by atoms with Gasteiger partial charge in [0.15, 0.2) is 5.16 Å². The normalized spacial score (nSPS) is 12.7. The zero-order chi connectivity index (χ0) is 15.4. The number of hydrogen-bond donors (Lipinski definition) is 1. The molecule has 0 spiro atoms. The molecule has 0 aliphatic rings. The van der Waals surface area contributed by atoms with Gasteiger partial charge >= 0.3 is 5.97 Å². The van der Waals surface area contributed by atoms with Crippen molar-refractivity contribution in [2.45, 2.75) is 24.5 Å². The number of carbonyl (C=O) groups is 1. The van der Waals surface area contributed by atoms with Crippen LogP contribution in [0.5, 0.6) is 0 Å². The summed E-state index contributed by atoms with van der Waals surface area (Å²) in [6.45, 7) is 2.02. The van der Waals surface area contributed by atoms with Gasteiger partial charge in [0.05, 0.1) is 11.1 Å². The predicted molar refractivity (Wildman–Crippen MR) is 89.9 cm³/mol. The Morgan fingerprint density at radius 1 is 1.57 bits per heavy atom. The second-order valence-electron chi connectivity index (χ2n) is 4.41. The number of aromatic nitrogens is 2. The van der Waals surface area contributed by atoms with Crippen molar-refractivity contribution in [3.63, 3.8) is 0 Å². The highest BCUT2D eigenvalue weighted by Crippen LogP contribution is 2.26. The van der Waals surface area contributed by atoms with E-state index in [0.29, 0.717) is 15.4 Å². The molecule has 21 heavy (non-hydrogen) atoms. The molecule has 0 aliphatic heterocycles. The second-order valence-corrected chi connectivity index (χ2v) is 7.16. The van der Waals surface area contributed by atoms with Gasteiger partial charge in [0.25, 0.3) is 5.56 Å². The fourth-order valence-corrected chi connectivity index (χ4v) is 4.39. The molecule has 2 aromatic rings. The van der Waals surface area contributed by atoms with E-state index in [1.54, 1.807) is 22.4 Å². The highest BCUT2D eigenvalue weighted by Gasteiger charge is 2.19. The maximum Gasteiger partial charge on any atom is 0.313 e. The summed E-state index contributed by atoms with van der Waals surface area (Å²) in [4.78, 5) is 28.7. The lowest BCUT2D eigenvalue weighted by molar-refractivity contribution is -0.133. The number of aliphatic carboxylic acids is 1. The summed E-state index contributed by atoms with van der Waals surface area (Å²) < 4.78 is 1.67. The molecule has 1 atom stereocenters. The smallest absolute Gasteiger partial charge is 0.313 e. The molecule has 2 rings (SSSR count). The van der Waals surface area contributed by atoms with E-state index in [9.17, 15) is 9.59 Å². The van der Waals surface area contributed by atoms with E-state index in [2.05, 4.69) is 4.98 Å². The Kier molecular flexibility index (Phi) is 5.72. The monoisotopic (exact) mass is 344 g/mol. The molecule has 8 heteroatoms. The van der Waals surface area contributed by atoms with Gasteiger partial charge in [0.2, 0.25) is 0 Å². The summed E-state index contributed by atoms with van der Waals surface area (Å²) in [5, 5.41) is 11.8. The van der Waals surface area contributed by atoms with Crippen LogP contribution in [0.15, 0.2) is 21.4 Å². The van der Waals surface area contributed by atoms with Gasteiger partial charge in [-0.15, -0.1) is 11.3 Å². The van der Waals surface area contributed by atoms with Crippen LogP contribution in [0.2, 0.25) is 0 Å². The fraction of sp³-hybridized carbons (Fsp3) is 0.462. The van der Waals surface area contributed by atoms with Gasteiger partial charge in [-0.05, 0) is 24.1 Å². The zero-order valence-corrected chi connectivity index (χ0v) is 14.2. The first-order valence-electron chi connectivity index (χ1n) is 6.41. The molecule has 1 N–H and O–H groups in total. The molecule has 0 amide bonds. The second kappa shape index (κ2) is 7.33. The topological polar surface area (TPSA) is 72.2 Å². The largest absolute Gasteiger partial charge is 0.481 e. The molecule has 0 fully saturated rings. The summed E-state index contributed by atoms with van der Waals surface area (Å²) >= 11 is 4.18. The van der Waals surface area contributed by atoms with Crippen LogP contribution in [-0.2, 0) is 4.79 Å². The van der Waals surface area contributed by atoms with E-state index in [0.717, 1.165) is 23.9 Å². The number of carboxylic acid groups (broad SMARTS) is 1. The van der Waals surface area contributed by atoms with Gasteiger partial charge in [-0.2, -0.15) is 11.8 Å². The van der Waals surface area contributed by atoms with Crippen LogP contribution in [0.4, 0.5) is 0 Å². The van der Waals surface area contributed by atoms with Crippen molar-refractivity contribution >= 4 is 51.0 Å². The molecule has 5 nitrogen and oxygen atoms in total. The number of rotatable bonds is 7. The van der Waals surface area contributed by atoms with Crippen molar-refractivity contribution in [2.75, 3.05) is 17.8 Å². The summed E-state index contributed by atoms with van der Waals surface area (Å²) in [5.74, 6) is -0.210. The maximum absolute atomic E-state index is 12.7. The van der Waals surface area contributed by atoms with Gasteiger partial charge < -0.3 is 5.11 Å². The third kappa shape index (κ3) is 3.61. The Hall–Kier alpha value is -0.990. The van der Waals surface area contributed by atoms with E-state index < -0.39 is 5.97 Å². The Bertz CT molecular complexity index is 696. The quantitative estimate of drug-likeness (QED) is 0.615. The average molecular weight is 344 g/mol. The van der Waals surface area contributed by atoms with Crippen LogP contribution in [0, 0.1) is 0 Å². The number of thioether (sulfide) groups is 2. The lowest BCUT2D eigenvalue weighted by Gasteiger charge is -2.20. The van der Waals surface area contributed by atoms with Crippen molar-refractivity contribution in [2.24, 2.45) is 0 Å². The van der Waals surface area contributed by atoms with E-state index in [1.807, 2.05) is 18.6 Å². The summed E-state index contributed by atoms with van der Waals surface area (Å²) in [6.07, 6.45) is 2.80. The van der Waals surface area contributed by atoms with Gasteiger partial charge in [0.1, 0.15) is 4.83 Å². The Labute approximate surface area is 134 Å². The predicted octanol–water partition coefficient (Wildman–Crippen LogP) is 2.95. The number of nitrogens with zero attached hydrogens (tertiary/aromatic N) is 2. The van der Waals surface area contributed by atoms with E-state index in [1.165, 1.54) is 11.3 Å². The molecule has 0 saturated carbocycles. The van der Waals surface area contributed by atoms with Crippen LogP contribution in [0.3, 0.4) is 0 Å². The third-order valence-electron chi connectivity index (χ3n) is 3.02. The van der Waals surface area contributed by atoms with Crippen molar-refractivity contribution in [3.8, 4) is 0 Å². The van der Waals surface area contributed by atoms with E-state index >= 15 is 0 Å². The van der Waals surface area contributed by atoms with E-state index in [-0.39, 0.29) is 17.4 Å². The Morgan fingerprint density at radius 3 is 2.95 bits per heavy atom. The molecular weight excluding hydrogens is 328 g/mol. The van der Waals surface area contributed by atoms with Gasteiger partial charge in [-0.25, -0.2) is 4.98 Å². The standard InChI is InChI=1S/C13H16N2O3S3/c1-3-8(6-19-2)15-12(18)9-4-5-20-11(9)14-13(15)21-7-10(16)17/h4-5,8H,3,6-7H2,1-2H3,(H,16,17). The number of fused-ring (bicyclic) bond motifs is 1. The lowest BCUT2D eigenvalue weighted by atomic mass is 10.2. The zero-order valence-electron chi connectivity index (χ0n) is 11.7. The minimum absolute atomic E-state index is 0.0283. The molecular formula is C13H16N2O3S3. The van der Waals surface area contributed by atoms with E-state index in [4.69, 9.17) is 5.11 Å². The maximum atomic E-state index is 12.7. The van der Waals surface area contributed by atoms with Gasteiger partial charge in [-0.1, -0.05) is 18.7 Å². The van der Waals surface area contributed by atoms with Crippen molar-refractivity contribution in [3.05, 3.63) is 21.8 Å². The minimum atomic E-state index is -0.912. The Balaban J connectivity index is 2.56. The summed E-state index contributed by atoms with van der Waals surface area (Å²) in [6, 6.07) is 1.81. The van der Waals surface area contributed by atoms with Crippen molar-refractivity contribution in [1.29, 1.82) is 0 Å². The highest BCUT2D eigenvalue weighted by atomic mass is 32.2.